The third-order valence-electron chi connectivity index (χ3n) is 4.04. The number of aromatic nitrogens is 2. The summed E-state index contributed by atoms with van der Waals surface area (Å²) in [6, 6.07) is 7.73. The lowest BCUT2D eigenvalue weighted by atomic mass is 10.0. The highest BCUT2D eigenvalue weighted by Gasteiger charge is 2.16. The smallest absolute Gasteiger partial charge is 0.226 e. The Bertz CT molecular complexity index is 559. The lowest BCUT2D eigenvalue weighted by molar-refractivity contribution is 0.362. The van der Waals surface area contributed by atoms with Gasteiger partial charge in [-0.05, 0) is 24.5 Å². The maximum absolute atomic E-state index is 5.35. The van der Waals surface area contributed by atoms with E-state index in [1.807, 2.05) is 24.3 Å². The molecule has 1 heterocycles. The van der Waals surface area contributed by atoms with Gasteiger partial charge < -0.3 is 9.26 Å². The molecule has 20 heavy (non-hydrogen) atoms. The summed E-state index contributed by atoms with van der Waals surface area (Å²) < 4.78 is 10.6. The quantitative estimate of drug-likeness (QED) is 0.829. The van der Waals surface area contributed by atoms with E-state index in [0.29, 0.717) is 5.82 Å². The fourth-order valence-corrected chi connectivity index (χ4v) is 2.86. The zero-order chi connectivity index (χ0) is 13.8. The van der Waals surface area contributed by atoms with Crippen molar-refractivity contribution in [3.63, 3.8) is 0 Å². The first-order valence-corrected chi connectivity index (χ1v) is 7.32. The van der Waals surface area contributed by atoms with Crippen molar-refractivity contribution in [2.24, 2.45) is 5.92 Å². The largest absolute Gasteiger partial charge is 0.497 e. The molecule has 1 fully saturated rings. The molecule has 1 aromatic carbocycles. The van der Waals surface area contributed by atoms with Crippen LogP contribution >= 0.6 is 0 Å². The van der Waals surface area contributed by atoms with E-state index in [1.165, 1.54) is 32.1 Å². The zero-order valence-corrected chi connectivity index (χ0v) is 11.8. The average molecular weight is 272 g/mol. The van der Waals surface area contributed by atoms with Gasteiger partial charge in [0.1, 0.15) is 5.75 Å². The molecule has 4 nitrogen and oxygen atoms in total. The summed E-state index contributed by atoms with van der Waals surface area (Å²) in [4.78, 5) is 4.48. The van der Waals surface area contributed by atoms with Crippen LogP contribution in [0.2, 0.25) is 0 Å². The summed E-state index contributed by atoms with van der Waals surface area (Å²) in [6.45, 7) is 0. The van der Waals surface area contributed by atoms with Crippen LogP contribution in [0.3, 0.4) is 0 Å². The first kappa shape index (κ1) is 13.2. The maximum Gasteiger partial charge on any atom is 0.226 e. The van der Waals surface area contributed by atoms with Crippen LogP contribution in [0.15, 0.2) is 28.8 Å². The van der Waals surface area contributed by atoms with Gasteiger partial charge in [-0.3, -0.25) is 0 Å². The monoisotopic (exact) mass is 272 g/mol. The predicted octanol–water partition coefficient (Wildman–Crippen LogP) is 3.87. The molecule has 0 unspecified atom stereocenters. The van der Waals surface area contributed by atoms with Gasteiger partial charge in [0.2, 0.25) is 11.7 Å². The molecular weight excluding hydrogens is 252 g/mol. The SMILES string of the molecule is COc1cccc(-c2noc(CCC3CCCC3)n2)c1. The molecule has 0 bridgehead atoms. The molecular formula is C16H20N2O2. The van der Waals surface area contributed by atoms with Crippen molar-refractivity contribution in [2.45, 2.75) is 38.5 Å². The van der Waals surface area contributed by atoms with Gasteiger partial charge in [0.15, 0.2) is 0 Å². The summed E-state index contributed by atoms with van der Waals surface area (Å²) in [7, 11) is 1.66. The number of hydrogen-bond donors (Lipinski definition) is 0. The van der Waals surface area contributed by atoms with E-state index in [2.05, 4.69) is 10.1 Å². The van der Waals surface area contributed by atoms with Gasteiger partial charge in [-0.25, -0.2) is 0 Å². The number of methoxy groups -OCH3 is 1. The molecule has 4 heteroatoms. The minimum Gasteiger partial charge on any atom is -0.497 e. The van der Waals surface area contributed by atoms with E-state index in [1.54, 1.807) is 7.11 Å². The highest BCUT2D eigenvalue weighted by atomic mass is 16.5. The van der Waals surface area contributed by atoms with E-state index in [9.17, 15) is 0 Å². The molecule has 0 atom stereocenters. The van der Waals surface area contributed by atoms with Crippen molar-refractivity contribution in [3.8, 4) is 17.1 Å². The topological polar surface area (TPSA) is 48.2 Å². The van der Waals surface area contributed by atoms with Crippen molar-refractivity contribution in [3.05, 3.63) is 30.2 Å². The number of ether oxygens (including phenoxy) is 1. The van der Waals surface area contributed by atoms with Crippen LogP contribution in [-0.4, -0.2) is 17.3 Å². The molecule has 0 N–H and O–H groups in total. The summed E-state index contributed by atoms with van der Waals surface area (Å²) >= 11 is 0. The van der Waals surface area contributed by atoms with Gasteiger partial charge in [-0.1, -0.05) is 43.0 Å². The summed E-state index contributed by atoms with van der Waals surface area (Å²) in [5, 5.41) is 4.07. The zero-order valence-electron chi connectivity index (χ0n) is 11.8. The Kier molecular flexibility index (Phi) is 4.00. The van der Waals surface area contributed by atoms with Crippen molar-refractivity contribution < 1.29 is 9.26 Å². The molecule has 1 saturated carbocycles. The second-order valence-corrected chi connectivity index (χ2v) is 5.43. The summed E-state index contributed by atoms with van der Waals surface area (Å²) in [6.07, 6.45) is 7.53. The molecule has 3 rings (SSSR count). The van der Waals surface area contributed by atoms with Crippen molar-refractivity contribution >= 4 is 0 Å². The van der Waals surface area contributed by atoms with Crippen LogP contribution in [0.25, 0.3) is 11.4 Å². The number of hydrogen-bond acceptors (Lipinski definition) is 4. The minimum atomic E-state index is 0.644. The molecule has 0 radical (unpaired) electrons. The molecule has 1 aromatic heterocycles. The van der Waals surface area contributed by atoms with E-state index in [0.717, 1.165) is 29.5 Å². The summed E-state index contributed by atoms with van der Waals surface area (Å²) in [5.74, 6) is 3.04. The summed E-state index contributed by atoms with van der Waals surface area (Å²) in [5.41, 5.74) is 0.931. The minimum absolute atomic E-state index is 0.644. The molecule has 106 valence electrons. The first-order valence-electron chi connectivity index (χ1n) is 7.32. The van der Waals surface area contributed by atoms with Crippen LogP contribution in [0.5, 0.6) is 5.75 Å². The Hall–Kier alpha value is -1.84. The molecule has 0 saturated heterocycles. The van der Waals surface area contributed by atoms with Crippen LogP contribution in [0.1, 0.15) is 38.0 Å². The van der Waals surface area contributed by atoms with Crippen molar-refractivity contribution in [1.82, 2.24) is 10.1 Å². The second-order valence-electron chi connectivity index (χ2n) is 5.43. The van der Waals surface area contributed by atoms with E-state index < -0.39 is 0 Å². The van der Waals surface area contributed by atoms with Crippen LogP contribution in [-0.2, 0) is 6.42 Å². The normalized spacial score (nSPS) is 15.7. The van der Waals surface area contributed by atoms with Gasteiger partial charge in [0.25, 0.3) is 0 Å². The van der Waals surface area contributed by atoms with Crippen LogP contribution < -0.4 is 4.74 Å². The van der Waals surface area contributed by atoms with Gasteiger partial charge in [-0.15, -0.1) is 0 Å². The van der Waals surface area contributed by atoms with E-state index in [4.69, 9.17) is 9.26 Å². The van der Waals surface area contributed by atoms with E-state index >= 15 is 0 Å². The van der Waals surface area contributed by atoms with Crippen molar-refractivity contribution in [1.29, 1.82) is 0 Å². The standard InChI is InChI=1S/C16H20N2O2/c1-19-14-8-4-7-13(11-14)16-17-15(20-18-16)10-9-12-5-2-3-6-12/h4,7-8,11-12H,2-3,5-6,9-10H2,1H3. The van der Waals surface area contributed by atoms with Gasteiger partial charge in [0, 0.05) is 12.0 Å². The fraction of sp³-hybridized carbons (Fsp3) is 0.500. The second kappa shape index (κ2) is 6.07. The van der Waals surface area contributed by atoms with Crippen LogP contribution in [0, 0.1) is 5.92 Å². The Morgan fingerprint density at radius 1 is 1.30 bits per heavy atom. The van der Waals surface area contributed by atoms with Crippen LogP contribution in [0.4, 0.5) is 0 Å². The highest BCUT2D eigenvalue weighted by Crippen LogP contribution is 2.29. The predicted molar refractivity (Wildman–Crippen MR) is 76.6 cm³/mol. The Labute approximate surface area is 119 Å². The Morgan fingerprint density at radius 3 is 2.95 bits per heavy atom. The molecule has 0 spiro atoms. The average Bonchev–Trinajstić information content (AvgIpc) is 3.16. The number of benzene rings is 1. The number of aryl methyl sites for hydroxylation is 1. The molecule has 1 aliphatic carbocycles. The maximum atomic E-state index is 5.35. The fourth-order valence-electron chi connectivity index (χ4n) is 2.86. The first-order chi connectivity index (χ1) is 9.85. The highest BCUT2D eigenvalue weighted by molar-refractivity contribution is 5.56. The van der Waals surface area contributed by atoms with Gasteiger partial charge >= 0.3 is 0 Å². The molecule has 0 amide bonds. The van der Waals surface area contributed by atoms with E-state index in [-0.39, 0.29) is 0 Å². The third-order valence-corrected chi connectivity index (χ3v) is 4.04. The number of rotatable bonds is 5. The van der Waals surface area contributed by atoms with Crippen molar-refractivity contribution in [2.75, 3.05) is 7.11 Å². The third kappa shape index (κ3) is 3.00. The van der Waals surface area contributed by atoms with Gasteiger partial charge in [0.05, 0.1) is 7.11 Å². The lowest BCUT2D eigenvalue weighted by Gasteiger charge is -2.04. The molecule has 0 aliphatic heterocycles. The Balaban J connectivity index is 1.66. The number of nitrogens with zero attached hydrogens (tertiary/aromatic N) is 2. The Morgan fingerprint density at radius 2 is 2.15 bits per heavy atom. The van der Waals surface area contributed by atoms with Gasteiger partial charge in [-0.2, -0.15) is 4.98 Å². The lowest BCUT2D eigenvalue weighted by Crippen LogP contribution is -1.96. The molecule has 1 aliphatic rings. The molecule has 2 aromatic rings.